The number of likely N-dealkylation sites (N-methyl/N-ethyl adjacent to an activating group) is 1. The van der Waals surface area contributed by atoms with Crippen molar-refractivity contribution in [1.82, 2.24) is 10.6 Å². The van der Waals surface area contributed by atoms with Crippen molar-refractivity contribution in [2.45, 2.75) is 26.3 Å². The Bertz CT molecular complexity index is 124. The SMILES string of the molecule is CCNC(=O)CNC(CC)CO. The van der Waals surface area contributed by atoms with Crippen molar-refractivity contribution in [1.29, 1.82) is 0 Å². The van der Waals surface area contributed by atoms with Gasteiger partial charge in [-0.25, -0.2) is 0 Å². The van der Waals surface area contributed by atoms with E-state index in [9.17, 15) is 4.79 Å². The lowest BCUT2D eigenvalue weighted by atomic mass is 10.2. The molecule has 0 aliphatic rings. The van der Waals surface area contributed by atoms with Gasteiger partial charge in [0.05, 0.1) is 13.2 Å². The zero-order chi connectivity index (χ0) is 9.40. The van der Waals surface area contributed by atoms with Crippen molar-refractivity contribution in [2.24, 2.45) is 0 Å². The molecule has 0 rings (SSSR count). The summed E-state index contributed by atoms with van der Waals surface area (Å²) in [5, 5.41) is 14.4. The predicted octanol–water partition coefficient (Wildman–Crippen LogP) is -0.517. The minimum absolute atomic E-state index is 0.0237. The average Bonchev–Trinajstić information content (AvgIpc) is 2.07. The van der Waals surface area contributed by atoms with E-state index < -0.39 is 0 Å². The first-order valence-electron chi connectivity index (χ1n) is 4.35. The van der Waals surface area contributed by atoms with Gasteiger partial charge in [-0.1, -0.05) is 6.92 Å². The van der Waals surface area contributed by atoms with Gasteiger partial charge >= 0.3 is 0 Å². The molecule has 0 aliphatic carbocycles. The van der Waals surface area contributed by atoms with Crippen LogP contribution >= 0.6 is 0 Å². The summed E-state index contributed by atoms with van der Waals surface area (Å²) in [6.45, 7) is 4.85. The van der Waals surface area contributed by atoms with Crippen LogP contribution in [-0.2, 0) is 4.79 Å². The maximum absolute atomic E-state index is 10.9. The third kappa shape index (κ3) is 5.09. The molecule has 0 aliphatic heterocycles. The molecule has 1 amide bonds. The molecule has 0 aromatic heterocycles. The van der Waals surface area contributed by atoms with Crippen LogP contribution in [-0.4, -0.2) is 36.8 Å². The number of amides is 1. The quantitative estimate of drug-likeness (QED) is 0.508. The molecule has 1 unspecified atom stereocenters. The average molecular weight is 174 g/mol. The van der Waals surface area contributed by atoms with Crippen LogP contribution < -0.4 is 10.6 Å². The van der Waals surface area contributed by atoms with E-state index in [4.69, 9.17) is 5.11 Å². The summed E-state index contributed by atoms with van der Waals surface area (Å²) in [6, 6.07) is 0.0348. The molecular weight excluding hydrogens is 156 g/mol. The highest BCUT2D eigenvalue weighted by atomic mass is 16.3. The summed E-state index contributed by atoms with van der Waals surface area (Å²) in [5.74, 6) is -0.0237. The van der Waals surface area contributed by atoms with Crippen molar-refractivity contribution in [3.05, 3.63) is 0 Å². The van der Waals surface area contributed by atoms with Gasteiger partial charge in [-0.05, 0) is 13.3 Å². The third-order valence-corrected chi connectivity index (χ3v) is 1.64. The van der Waals surface area contributed by atoms with Gasteiger partial charge in [0.15, 0.2) is 0 Å². The fourth-order valence-corrected chi connectivity index (χ4v) is 0.835. The summed E-state index contributed by atoms with van der Waals surface area (Å²) in [7, 11) is 0. The summed E-state index contributed by atoms with van der Waals surface area (Å²) >= 11 is 0. The van der Waals surface area contributed by atoms with Crippen molar-refractivity contribution in [2.75, 3.05) is 19.7 Å². The van der Waals surface area contributed by atoms with Gasteiger partial charge in [-0.3, -0.25) is 4.79 Å². The van der Waals surface area contributed by atoms with Gasteiger partial charge < -0.3 is 15.7 Å². The van der Waals surface area contributed by atoms with Crippen LogP contribution in [0, 0.1) is 0 Å². The molecule has 0 spiro atoms. The normalized spacial score (nSPS) is 12.6. The zero-order valence-electron chi connectivity index (χ0n) is 7.76. The number of nitrogens with one attached hydrogen (secondary N) is 2. The number of aliphatic hydroxyl groups is 1. The highest BCUT2D eigenvalue weighted by molar-refractivity contribution is 5.77. The molecule has 1 atom stereocenters. The number of carbonyl (C=O) groups excluding carboxylic acids is 1. The zero-order valence-corrected chi connectivity index (χ0v) is 7.76. The molecule has 4 heteroatoms. The highest BCUT2D eigenvalue weighted by Gasteiger charge is 2.05. The van der Waals surface area contributed by atoms with Crippen LogP contribution in [0.15, 0.2) is 0 Å². The number of hydrogen-bond acceptors (Lipinski definition) is 3. The first kappa shape index (κ1) is 11.4. The molecule has 0 radical (unpaired) electrons. The number of hydrogen-bond donors (Lipinski definition) is 3. The van der Waals surface area contributed by atoms with Crippen LogP contribution in [0.25, 0.3) is 0 Å². The minimum atomic E-state index is -0.0237. The van der Waals surface area contributed by atoms with Gasteiger partial charge in [-0.2, -0.15) is 0 Å². The maximum atomic E-state index is 10.9. The number of rotatable bonds is 6. The summed E-state index contributed by atoms with van der Waals surface area (Å²) in [4.78, 5) is 10.9. The molecule has 0 aromatic rings. The maximum Gasteiger partial charge on any atom is 0.233 e. The summed E-state index contributed by atoms with van der Waals surface area (Å²) in [5.41, 5.74) is 0. The molecule has 4 nitrogen and oxygen atoms in total. The van der Waals surface area contributed by atoms with E-state index in [1.807, 2.05) is 13.8 Å². The van der Waals surface area contributed by atoms with Gasteiger partial charge in [0, 0.05) is 12.6 Å². The fourth-order valence-electron chi connectivity index (χ4n) is 0.835. The van der Waals surface area contributed by atoms with Crippen LogP contribution in [0.3, 0.4) is 0 Å². The summed E-state index contributed by atoms with van der Waals surface area (Å²) in [6.07, 6.45) is 0.829. The van der Waals surface area contributed by atoms with Crippen LogP contribution in [0.1, 0.15) is 20.3 Å². The summed E-state index contributed by atoms with van der Waals surface area (Å²) < 4.78 is 0. The lowest BCUT2D eigenvalue weighted by molar-refractivity contribution is -0.120. The molecule has 0 fully saturated rings. The number of carbonyl (C=O) groups is 1. The predicted molar refractivity (Wildman–Crippen MR) is 47.9 cm³/mol. The van der Waals surface area contributed by atoms with E-state index >= 15 is 0 Å². The Morgan fingerprint density at radius 2 is 2.17 bits per heavy atom. The first-order valence-corrected chi connectivity index (χ1v) is 4.35. The van der Waals surface area contributed by atoms with E-state index in [2.05, 4.69) is 10.6 Å². The Balaban J connectivity index is 3.44. The fraction of sp³-hybridized carbons (Fsp3) is 0.875. The second kappa shape index (κ2) is 7.06. The second-order valence-electron chi connectivity index (χ2n) is 2.62. The largest absolute Gasteiger partial charge is 0.395 e. The lowest BCUT2D eigenvalue weighted by Gasteiger charge is -2.12. The Labute approximate surface area is 73.3 Å². The smallest absolute Gasteiger partial charge is 0.233 e. The Hall–Kier alpha value is -0.610. The highest BCUT2D eigenvalue weighted by Crippen LogP contribution is 1.86. The van der Waals surface area contributed by atoms with Gasteiger partial charge in [-0.15, -0.1) is 0 Å². The monoisotopic (exact) mass is 174 g/mol. The van der Waals surface area contributed by atoms with E-state index in [-0.39, 0.29) is 25.1 Å². The third-order valence-electron chi connectivity index (χ3n) is 1.64. The molecule has 0 saturated heterocycles. The van der Waals surface area contributed by atoms with Gasteiger partial charge in [0.1, 0.15) is 0 Å². The van der Waals surface area contributed by atoms with Crippen molar-refractivity contribution < 1.29 is 9.90 Å². The lowest BCUT2D eigenvalue weighted by Crippen LogP contribution is -2.40. The second-order valence-corrected chi connectivity index (χ2v) is 2.62. The van der Waals surface area contributed by atoms with Crippen LogP contribution in [0.4, 0.5) is 0 Å². The Kier molecular flexibility index (Phi) is 6.70. The molecular formula is C8H18N2O2. The van der Waals surface area contributed by atoms with E-state index in [0.717, 1.165) is 6.42 Å². The number of aliphatic hydroxyl groups excluding tert-OH is 1. The molecule has 0 aromatic carbocycles. The van der Waals surface area contributed by atoms with E-state index in [1.54, 1.807) is 0 Å². The van der Waals surface area contributed by atoms with E-state index in [1.165, 1.54) is 0 Å². The van der Waals surface area contributed by atoms with Crippen LogP contribution in [0.5, 0.6) is 0 Å². The van der Waals surface area contributed by atoms with Crippen molar-refractivity contribution >= 4 is 5.91 Å². The van der Waals surface area contributed by atoms with Crippen molar-refractivity contribution in [3.8, 4) is 0 Å². The Morgan fingerprint density at radius 1 is 1.50 bits per heavy atom. The molecule has 12 heavy (non-hydrogen) atoms. The molecule has 3 N–H and O–H groups in total. The van der Waals surface area contributed by atoms with Crippen LogP contribution in [0.2, 0.25) is 0 Å². The topological polar surface area (TPSA) is 61.4 Å². The Morgan fingerprint density at radius 3 is 2.58 bits per heavy atom. The minimum Gasteiger partial charge on any atom is -0.395 e. The van der Waals surface area contributed by atoms with Gasteiger partial charge in [0.2, 0.25) is 5.91 Å². The molecule has 0 saturated carbocycles. The molecule has 0 bridgehead atoms. The van der Waals surface area contributed by atoms with Crippen molar-refractivity contribution in [3.63, 3.8) is 0 Å². The standard InChI is InChI=1S/C8H18N2O2/c1-3-7(6-11)10-5-8(12)9-4-2/h7,10-11H,3-6H2,1-2H3,(H,9,12). The molecule has 0 heterocycles. The van der Waals surface area contributed by atoms with Gasteiger partial charge in [0.25, 0.3) is 0 Å². The first-order chi connectivity index (χ1) is 5.74. The van der Waals surface area contributed by atoms with E-state index in [0.29, 0.717) is 6.54 Å². The molecule has 72 valence electrons.